The van der Waals surface area contributed by atoms with Crippen LogP contribution in [-0.4, -0.2) is 37.4 Å². The van der Waals surface area contributed by atoms with Crippen LogP contribution >= 0.6 is 0 Å². The minimum Gasteiger partial charge on any atom is -0.598 e. The van der Waals surface area contributed by atoms with E-state index in [9.17, 15) is 4.55 Å². The van der Waals surface area contributed by atoms with Crippen LogP contribution < -0.4 is 4.72 Å². The zero-order valence-electron chi connectivity index (χ0n) is 24.5. The van der Waals surface area contributed by atoms with Gasteiger partial charge in [-0.25, -0.2) is 9.67 Å². The van der Waals surface area contributed by atoms with Gasteiger partial charge in [-0.3, -0.25) is 4.98 Å². The summed E-state index contributed by atoms with van der Waals surface area (Å²) in [5.74, 6) is 0.732. The molecule has 0 amide bonds. The number of aromatic nitrogens is 4. The van der Waals surface area contributed by atoms with Crippen LogP contribution in [0.15, 0.2) is 54.7 Å². The fraction of sp³-hybridized carbons (Fsp3) is 0.433. The van der Waals surface area contributed by atoms with Gasteiger partial charge in [0.05, 0.1) is 41.4 Å². The van der Waals surface area contributed by atoms with Gasteiger partial charge >= 0.3 is 0 Å². The molecule has 0 aliphatic heterocycles. The minimum atomic E-state index is -1.89. The summed E-state index contributed by atoms with van der Waals surface area (Å²) in [6, 6.07) is 19.0. The highest BCUT2D eigenvalue weighted by atomic mass is 32.2. The van der Waals surface area contributed by atoms with E-state index in [0.717, 1.165) is 39.4 Å². The van der Waals surface area contributed by atoms with Crippen molar-refractivity contribution in [2.24, 2.45) is 0 Å². The molecule has 0 saturated carbocycles. The first-order chi connectivity index (χ1) is 18.2. The van der Waals surface area contributed by atoms with Gasteiger partial charge in [0.1, 0.15) is 4.75 Å². The van der Waals surface area contributed by atoms with Gasteiger partial charge in [0.15, 0.2) is 14.1 Å². The van der Waals surface area contributed by atoms with Crippen LogP contribution in [0.2, 0.25) is 18.1 Å². The second kappa shape index (κ2) is 11.1. The third-order valence-electron chi connectivity index (χ3n) is 7.23. The summed E-state index contributed by atoms with van der Waals surface area (Å²) in [7, 11) is -1.89. The maximum Gasteiger partial charge on any atom is 0.192 e. The Labute approximate surface area is 236 Å². The van der Waals surface area contributed by atoms with Crippen molar-refractivity contribution in [2.45, 2.75) is 84.0 Å². The first-order valence-electron chi connectivity index (χ1n) is 13.3. The van der Waals surface area contributed by atoms with E-state index in [1.165, 1.54) is 0 Å². The molecule has 1 aromatic carbocycles. The number of benzene rings is 1. The number of hydrogen-bond donors (Lipinski definition) is 1. The average molecular weight is 563 g/mol. The quantitative estimate of drug-likeness (QED) is 0.185. The van der Waals surface area contributed by atoms with Crippen LogP contribution in [0.1, 0.15) is 65.9 Å². The molecule has 0 fully saturated rings. The Balaban J connectivity index is 1.61. The first kappa shape index (κ1) is 29.4. The molecule has 207 valence electrons. The van der Waals surface area contributed by atoms with E-state index in [-0.39, 0.29) is 15.8 Å². The molecule has 0 aliphatic carbocycles. The molecular weight excluding hydrogens is 523 g/mol. The van der Waals surface area contributed by atoms with Gasteiger partial charge in [0.25, 0.3) is 0 Å². The summed E-state index contributed by atoms with van der Waals surface area (Å²) in [6.45, 7) is 19.5. The van der Waals surface area contributed by atoms with Gasteiger partial charge in [-0.1, -0.05) is 32.9 Å². The number of pyridine rings is 2. The maximum atomic E-state index is 12.6. The largest absolute Gasteiger partial charge is 0.598 e. The fourth-order valence-electron chi connectivity index (χ4n) is 3.67. The molecule has 7 nitrogen and oxygen atoms in total. The van der Waals surface area contributed by atoms with Gasteiger partial charge in [-0.15, -0.1) is 4.72 Å². The molecule has 3 aromatic heterocycles. The summed E-state index contributed by atoms with van der Waals surface area (Å²) in [6.07, 6.45) is 1.80. The number of rotatable bonds is 8. The first-order valence-corrected chi connectivity index (χ1v) is 17.4. The van der Waals surface area contributed by atoms with Crippen molar-refractivity contribution in [2.75, 3.05) is 0 Å². The van der Waals surface area contributed by atoms with Gasteiger partial charge < -0.3 is 8.98 Å². The van der Waals surface area contributed by atoms with E-state index in [4.69, 9.17) is 14.4 Å². The Morgan fingerprint density at radius 3 is 2.49 bits per heavy atom. The van der Waals surface area contributed by atoms with Crippen molar-refractivity contribution < 1.29 is 8.98 Å². The highest BCUT2D eigenvalue weighted by Gasteiger charge is 2.37. The van der Waals surface area contributed by atoms with Crippen molar-refractivity contribution in [3.63, 3.8) is 0 Å². The molecule has 4 aromatic rings. The van der Waals surface area contributed by atoms with E-state index in [1.807, 2.05) is 74.8 Å². The van der Waals surface area contributed by atoms with Gasteiger partial charge in [0.2, 0.25) is 0 Å². The Hall–Kier alpha value is -2.56. The Kier molecular flexibility index (Phi) is 8.40. The molecule has 0 aliphatic rings. The van der Waals surface area contributed by atoms with Crippen LogP contribution in [0.4, 0.5) is 0 Å². The average Bonchev–Trinajstić information content (AvgIpc) is 3.30. The molecule has 1 unspecified atom stereocenters. The third kappa shape index (κ3) is 6.78. The highest BCUT2D eigenvalue weighted by molar-refractivity contribution is 7.90. The SMILES string of the molecule is C[C@H](N[S+]([O-])C(C)(C)C)c1cccc(-c2c[c]c3cnn(-c4cccc(CO[Si](C)(C)C(C)(C)C)n4)c3c2)n1. The van der Waals surface area contributed by atoms with Gasteiger partial charge in [-0.05, 0) is 88.3 Å². The Bertz CT molecular complexity index is 1440. The molecule has 1 radical (unpaired) electrons. The van der Waals surface area contributed by atoms with E-state index in [1.54, 1.807) is 6.20 Å². The van der Waals surface area contributed by atoms with Crippen molar-refractivity contribution in [1.29, 1.82) is 0 Å². The predicted molar refractivity (Wildman–Crippen MR) is 162 cm³/mol. The molecule has 4 rings (SSSR count). The minimum absolute atomic E-state index is 0.137. The summed E-state index contributed by atoms with van der Waals surface area (Å²) in [4.78, 5) is 9.75. The van der Waals surface area contributed by atoms with E-state index in [0.29, 0.717) is 6.61 Å². The van der Waals surface area contributed by atoms with Crippen molar-refractivity contribution in [3.8, 4) is 17.1 Å². The molecular formula is C30H40N5O2SSi. The lowest BCUT2D eigenvalue weighted by atomic mass is 10.1. The monoisotopic (exact) mass is 562 g/mol. The van der Waals surface area contributed by atoms with Crippen molar-refractivity contribution >= 4 is 30.6 Å². The van der Waals surface area contributed by atoms with E-state index >= 15 is 0 Å². The van der Waals surface area contributed by atoms with Crippen LogP contribution in [0.25, 0.3) is 28.0 Å². The standard InChI is InChI=1S/C30H40N5O2SSi/c1-21(34-38(36)29(2,3)4)25-13-11-14-26(33-25)22-16-17-23-19-31-35(27(23)18-22)28-15-10-12-24(32-28)20-37-39(8,9)30(5,6)7/h10-16,18-19,21,34H,20H2,1-9H3/t21-,38?/m0/s1. The van der Waals surface area contributed by atoms with Crippen LogP contribution in [0.5, 0.6) is 0 Å². The van der Waals surface area contributed by atoms with Crippen LogP contribution in [0, 0.1) is 6.07 Å². The van der Waals surface area contributed by atoms with Gasteiger partial charge in [0, 0.05) is 22.3 Å². The molecule has 1 N–H and O–H groups in total. The van der Waals surface area contributed by atoms with E-state index in [2.05, 4.69) is 55.8 Å². The smallest absolute Gasteiger partial charge is 0.192 e. The summed E-state index contributed by atoms with van der Waals surface area (Å²) in [5, 5.41) is 5.65. The predicted octanol–water partition coefficient (Wildman–Crippen LogP) is 6.92. The zero-order valence-corrected chi connectivity index (χ0v) is 26.3. The fourth-order valence-corrected chi connectivity index (χ4v) is 5.41. The highest BCUT2D eigenvalue weighted by Crippen LogP contribution is 2.37. The van der Waals surface area contributed by atoms with Gasteiger partial charge in [-0.2, -0.15) is 5.10 Å². The van der Waals surface area contributed by atoms with E-state index < -0.39 is 19.7 Å². The molecule has 9 heteroatoms. The lowest BCUT2D eigenvalue weighted by Crippen LogP contribution is -2.40. The number of hydrogen-bond acceptors (Lipinski definition) is 6. The second-order valence-corrected chi connectivity index (χ2v) is 19.3. The molecule has 0 spiro atoms. The summed E-state index contributed by atoms with van der Waals surface area (Å²) in [5.41, 5.74) is 4.35. The summed E-state index contributed by atoms with van der Waals surface area (Å²) >= 11 is -1.19. The Morgan fingerprint density at radius 1 is 1.08 bits per heavy atom. The summed E-state index contributed by atoms with van der Waals surface area (Å²) < 4.78 is 23.7. The number of fused-ring (bicyclic) bond motifs is 1. The number of nitrogens with zero attached hydrogens (tertiary/aromatic N) is 4. The van der Waals surface area contributed by atoms with Crippen LogP contribution in [-0.2, 0) is 22.4 Å². The maximum absolute atomic E-state index is 12.6. The molecule has 0 bridgehead atoms. The molecule has 2 atom stereocenters. The Morgan fingerprint density at radius 2 is 1.79 bits per heavy atom. The van der Waals surface area contributed by atoms with Crippen molar-refractivity contribution in [1.82, 2.24) is 24.5 Å². The lowest BCUT2D eigenvalue weighted by Gasteiger charge is -2.36. The number of nitrogens with one attached hydrogen (secondary N) is 1. The zero-order chi connectivity index (χ0) is 28.6. The molecule has 39 heavy (non-hydrogen) atoms. The van der Waals surface area contributed by atoms with Crippen molar-refractivity contribution in [3.05, 3.63) is 72.2 Å². The molecule has 0 saturated heterocycles. The normalized spacial score (nSPS) is 14.5. The third-order valence-corrected chi connectivity index (χ3v) is 13.4. The topological polar surface area (TPSA) is 87.9 Å². The lowest BCUT2D eigenvalue weighted by molar-refractivity contribution is 0.272. The van der Waals surface area contributed by atoms with Crippen LogP contribution in [0.3, 0.4) is 0 Å². The molecule has 3 heterocycles. The second-order valence-electron chi connectivity index (χ2n) is 12.4.